The molecular weight excluding hydrogens is 205 g/mol. The van der Waals surface area contributed by atoms with E-state index in [1.165, 1.54) is 0 Å². The van der Waals surface area contributed by atoms with Gasteiger partial charge in [-0.1, -0.05) is 13.8 Å². The highest BCUT2D eigenvalue weighted by Crippen LogP contribution is 2.38. The van der Waals surface area contributed by atoms with Crippen LogP contribution in [0.5, 0.6) is 0 Å². The monoisotopic (exact) mass is 224 g/mol. The Morgan fingerprint density at radius 1 is 1.13 bits per heavy atom. The molecular formula is C10H19F3N2. The number of nitrogens with one attached hydrogen (secondary N) is 1. The second kappa shape index (κ2) is 4.70. The van der Waals surface area contributed by atoms with Crippen molar-refractivity contribution in [3.8, 4) is 0 Å². The van der Waals surface area contributed by atoms with Crippen LogP contribution in [0.15, 0.2) is 0 Å². The minimum atomic E-state index is -4.24. The zero-order valence-electron chi connectivity index (χ0n) is 9.14. The van der Waals surface area contributed by atoms with Gasteiger partial charge in [0.2, 0.25) is 0 Å². The normalized spacial score (nSPS) is 35.2. The lowest BCUT2D eigenvalue weighted by atomic mass is 9.74. The van der Waals surface area contributed by atoms with Crippen LogP contribution in [0.3, 0.4) is 0 Å². The quantitative estimate of drug-likeness (QED) is 0.558. The van der Waals surface area contributed by atoms with E-state index in [1.807, 2.05) is 19.3 Å². The van der Waals surface area contributed by atoms with Crippen LogP contribution < -0.4 is 11.3 Å². The van der Waals surface area contributed by atoms with Gasteiger partial charge >= 0.3 is 6.18 Å². The molecule has 0 radical (unpaired) electrons. The summed E-state index contributed by atoms with van der Waals surface area (Å²) in [6.45, 7) is 4.01. The van der Waals surface area contributed by atoms with Crippen LogP contribution in [0.2, 0.25) is 0 Å². The van der Waals surface area contributed by atoms with Crippen LogP contribution in [-0.4, -0.2) is 12.2 Å². The summed E-state index contributed by atoms with van der Waals surface area (Å²) >= 11 is 0. The zero-order valence-corrected chi connectivity index (χ0v) is 9.14. The molecule has 0 heterocycles. The van der Waals surface area contributed by atoms with Crippen molar-refractivity contribution in [2.45, 2.75) is 45.3 Å². The summed E-state index contributed by atoms with van der Waals surface area (Å²) in [5, 5.41) is 0. The number of hydrazine groups is 1. The van der Waals surface area contributed by atoms with Gasteiger partial charge < -0.3 is 0 Å². The molecule has 0 aromatic heterocycles. The van der Waals surface area contributed by atoms with Crippen molar-refractivity contribution in [1.82, 2.24) is 5.43 Å². The molecule has 1 fully saturated rings. The Hall–Kier alpha value is -0.290. The van der Waals surface area contributed by atoms with Gasteiger partial charge in [-0.2, -0.15) is 13.2 Å². The Morgan fingerprint density at radius 3 is 1.93 bits per heavy atom. The minimum Gasteiger partial charge on any atom is -0.271 e. The van der Waals surface area contributed by atoms with Gasteiger partial charge in [0.05, 0.1) is 0 Å². The lowest BCUT2D eigenvalue weighted by Gasteiger charge is -2.36. The summed E-state index contributed by atoms with van der Waals surface area (Å²) in [6.07, 6.45) is -2.00. The zero-order chi connectivity index (χ0) is 11.6. The molecule has 15 heavy (non-hydrogen) atoms. The van der Waals surface area contributed by atoms with E-state index in [-0.39, 0.29) is 5.92 Å². The van der Waals surface area contributed by atoms with Crippen LogP contribution in [-0.2, 0) is 0 Å². The summed E-state index contributed by atoms with van der Waals surface area (Å²) in [6, 6.07) is -1.55. The van der Waals surface area contributed by atoms with E-state index in [4.69, 9.17) is 5.84 Å². The maximum Gasteiger partial charge on any atom is 0.405 e. The van der Waals surface area contributed by atoms with E-state index >= 15 is 0 Å². The first-order chi connectivity index (χ1) is 6.84. The Bertz CT molecular complexity index is 195. The third-order valence-electron chi connectivity index (χ3n) is 3.22. The topological polar surface area (TPSA) is 38.0 Å². The fourth-order valence-corrected chi connectivity index (χ4v) is 2.78. The predicted molar refractivity (Wildman–Crippen MR) is 52.8 cm³/mol. The van der Waals surface area contributed by atoms with Gasteiger partial charge in [-0.15, -0.1) is 0 Å². The molecule has 0 amide bonds. The van der Waals surface area contributed by atoms with Crippen molar-refractivity contribution >= 4 is 0 Å². The second-order valence-corrected chi connectivity index (χ2v) is 4.86. The van der Waals surface area contributed by atoms with Crippen molar-refractivity contribution in [2.75, 3.05) is 0 Å². The molecule has 1 aliphatic carbocycles. The van der Waals surface area contributed by atoms with Gasteiger partial charge in [-0.3, -0.25) is 5.84 Å². The maximum absolute atomic E-state index is 12.6. The van der Waals surface area contributed by atoms with Crippen molar-refractivity contribution in [3.63, 3.8) is 0 Å². The number of alkyl halides is 3. The molecule has 0 aromatic rings. The Kier molecular flexibility index (Phi) is 4.00. The molecule has 2 nitrogen and oxygen atoms in total. The van der Waals surface area contributed by atoms with E-state index in [0.717, 1.165) is 6.42 Å². The van der Waals surface area contributed by atoms with Crippen LogP contribution in [0.4, 0.5) is 13.2 Å². The van der Waals surface area contributed by atoms with Crippen molar-refractivity contribution < 1.29 is 13.2 Å². The first-order valence-corrected chi connectivity index (χ1v) is 5.37. The Morgan fingerprint density at radius 2 is 1.60 bits per heavy atom. The molecule has 3 N–H and O–H groups in total. The highest BCUT2D eigenvalue weighted by atomic mass is 19.4. The highest BCUT2D eigenvalue weighted by Gasteiger charge is 2.45. The summed E-state index contributed by atoms with van der Waals surface area (Å²) < 4.78 is 37.8. The lowest BCUT2D eigenvalue weighted by molar-refractivity contribution is -0.172. The number of hydrogen-bond donors (Lipinski definition) is 2. The van der Waals surface area contributed by atoms with Gasteiger partial charge in [-0.25, -0.2) is 5.43 Å². The minimum absolute atomic E-state index is 0.358. The summed E-state index contributed by atoms with van der Waals surface area (Å²) in [5.41, 5.74) is 1.93. The van der Waals surface area contributed by atoms with Crippen LogP contribution in [0.1, 0.15) is 33.1 Å². The average molecular weight is 224 g/mol. The summed E-state index contributed by atoms with van der Waals surface area (Å²) in [5.74, 6) is 5.35. The number of nitrogens with two attached hydrogens (primary N) is 1. The van der Waals surface area contributed by atoms with Crippen LogP contribution >= 0.6 is 0 Å². The summed E-state index contributed by atoms with van der Waals surface area (Å²) in [7, 11) is 0. The fraction of sp³-hybridized carbons (Fsp3) is 1.00. The highest BCUT2D eigenvalue weighted by molar-refractivity contribution is 4.86. The van der Waals surface area contributed by atoms with Crippen LogP contribution in [0, 0.1) is 17.8 Å². The molecule has 1 rings (SSSR count). The molecule has 5 heteroatoms. The molecule has 3 atom stereocenters. The van der Waals surface area contributed by atoms with Gasteiger partial charge in [0.25, 0.3) is 0 Å². The van der Waals surface area contributed by atoms with Gasteiger partial charge in [-0.05, 0) is 37.0 Å². The molecule has 0 aliphatic heterocycles. The summed E-state index contributed by atoms with van der Waals surface area (Å²) in [4.78, 5) is 0. The number of hydrogen-bond acceptors (Lipinski definition) is 2. The molecule has 0 saturated heterocycles. The first kappa shape index (κ1) is 12.8. The third-order valence-corrected chi connectivity index (χ3v) is 3.22. The van der Waals surface area contributed by atoms with E-state index in [9.17, 15) is 13.2 Å². The lowest BCUT2D eigenvalue weighted by Crippen LogP contribution is -2.52. The van der Waals surface area contributed by atoms with Crippen molar-refractivity contribution in [3.05, 3.63) is 0 Å². The molecule has 0 bridgehead atoms. The second-order valence-electron chi connectivity index (χ2n) is 4.86. The SMILES string of the molecule is CC1CC(C)CC(C(NN)C(F)(F)F)C1. The average Bonchev–Trinajstić information content (AvgIpc) is 1.99. The maximum atomic E-state index is 12.6. The molecule has 1 saturated carbocycles. The predicted octanol–water partition coefficient (Wildman–Crippen LogP) is 2.45. The number of rotatable bonds is 2. The van der Waals surface area contributed by atoms with E-state index < -0.39 is 12.2 Å². The molecule has 1 aliphatic rings. The largest absolute Gasteiger partial charge is 0.405 e. The van der Waals surface area contributed by atoms with E-state index in [2.05, 4.69) is 0 Å². The molecule has 0 aromatic carbocycles. The Labute approximate surface area is 88.4 Å². The van der Waals surface area contributed by atoms with E-state index in [1.54, 1.807) is 0 Å². The third kappa shape index (κ3) is 3.34. The van der Waals surface area contributed by atoms with Crippen LogP contribution in [0.25, 0.3) is 0 Å². The number of halogens is 3. The standard InChI is InChI=1S/C10H19F3N2/c1-6-3-7(2)5-8(4-6)9(15-14)10(11,12)13/h6-9,15H,3-5,14H2,1-2H3. The van der Waals surface area contributed by atoms with Crippen molar-refractivity contribution in [2.24, 2.45) is 23.6 Å². The van der Waals surface area contributed by atoms with Gasteiger partial charge in [0, 0.05) is 0 Å². The fourth-order valence-electron chi connectivity index (χ4n) is 2.78. The smallest absolute Gasteiger partial charge is 0.271 e. The molecule has 3 unspecified atom stereocenters. The van der Waals surface area contributed by atoms with Gasteiger partial charge in [0.15, 0.2) is 0 Å². The Balaban J connectivity index is 2.68. The first-order valence-electron chi connectivity index (χ1n) is 5.37. The molecule has 90 valence electrons. The van der Waals surface area contributed by atoms with Crippen molar-refractivity contribution in [1.29, 1.82) is 0 Å². The van der Waals surface area contributed by atoms with E-state index in [0.29, 0.717) is 24.7 Å². The van der Waals surface area contributed by atoms with Gasteiger partial charge in [0.1, 0.15) is 6.04 Å². The molecule has 0 spiro atoms.